The van der Waals surface area contributed by atoms with Crippen molar-refractivity contribution in [2.75, 3.05) is 36.4 Å². The molecule has 2 N–H and O–H groups in total. The van der Waals surface area contributed by atoms with Crippen molar-refractivity contribution in [2.45, 2.75) is 39.7 Å². The quantitative estimate of drug-likeness (QED) is 0.867. The highest BCUT2D eigenvalue weighted by atomic mass is 15.3. The molecule has 0 aromatic carbocycles. The van der Waals surface area contributed by atoms with Gasteiger partial charge in [-0.15, -0.1) is 0 Å². The molecule has 0 radical (unpaired) electrons. The largest absolute Gasteiger partial charge is 0.370 e. The van der Waals surface area contributed by atoms with Crippen LogP contribution in [0.5, 0.6) is 0 Å². The molecule has 2 heterocycles. The molecule has 1 saturated heterocycles. The molecule has 0 unspecified atom stereocenters. The molecule has 0 atom stereocenters. The Kier molecular flexibility index (Phi) is 4.24. The fourth-order valence-corrected chi connectivity index (χ4v) is 2.44. The van der Waals surface area contributed by atoms with E-state index in [4.69, 9.17) is 0 Å². The molecule has 19 heavy (non-hydrogen) atoms. The van der Waals surface area contributed by atoms with E-state index in [0.717, 1.165) is 50.1 Å². The van der Waals surface area contributed by atoms with Gasteiger partial charge in [-0.25, -0.2) is 9.97 Å². The van der Waals surface area contributed by atoms with Crippen LogP contribution in [-0.4, -0.2) is 41.7 Å². The van der Waals surface area contributed by atoms with Crippen LogP contribution in [0, 0.1) is 6.92 Å². The maximum absolute atomic E-state index is 4.61. The lowest BCUT2D eigenvalue weighted by Gasteiger charge is -2.43. The fraction of sp³-hybridized carbons (Fsp3) is 0.714. The van der Waals surface area contributed by atoms with Gasteiger partial charge < -0.3 is 15.5 Å². The van der Waals surface area contributed by atoms with E-state index in [0.29, 0.717) is 0 Å². The molecule has 1 fully saturated rings. The molecule has 5 nitrogen and oxygen atoms in total. The lowest BCUT2D eigenvalue weighted by atomic mass is 10.0. The highest BCUT2D eigenvalue weighted by Gasteiger charge is 2.30. The first-order chi connectivity index (χ1) is 9.03. The van der Waals surface area contributed by atoms with E-state index >= 15 is 0 Å². The van der Waals surface area contributed by atoms with Crippen LogP contribution in [0.2, 0.25) is 0 Å². The molecule has 0 bridgehead atoms. The zero-order valence-corrected chi connectivity index (χ0v) is 12.5. The minimum Gasteiger partial charge on any atom is -0.370 e. The third-order valence-electron chi connectivity index (χ3n) is 3.46. The molecule has 1 aromatic heterocycles. The van der Waals surface area contributed by atoms with Gasteiger partial charge >= 0.3 is 0 Å². The number of hydrogen-bond acceptors (Lipinski definition) is 5. The molecule has 5 heteroatoms. The first kappa shape index (κ1) is 14.1. The number of aryl methyl sites for hydroxylation is 1. The van der Waals surface area contributed by atoms with Crippen LogP contribution < -0.4 is 15.5 Å². The van der Waals surface area contributed by atoms with Gasteiger partial charge in [-0.2, -0.15) is 0 Å². The monoisotopic (exact) mass is 263 g/mol. The predicted octanol–water partition coefficient (Wildman–Crippen LogP) is 1.80. The van der Waals surface area contributed by atoms with Crippen LogP contribution in [0.15, 0.2) is 6.07 Å². The Balaban J connectivity index is 2.25. The molecule has 1 aliphatic heterocycles. The summed E-state index contributed by atoms with van der Waals surface area (Å²) in [4.78, 5) is 11.4. The third-order valence-corrected chi connectivity index (χ3v) is 3.46. The molecule has 0 saturated carbocycles. The minimum atomic E-state index is 0.0844. The fourth-order valence-electron chi connectivity index (χ4n) is 2.44. The van der Waals surface area contributed by atoms with Crippen molar-refractivity contribution in [3.05, 3.63) is 11.9 Å². The number of aromatic nitrogens is 2. The Morgan fingerprint density at radius 2 is 2.21 bits per heavy atom. The molecular formula is C14H25N5. The summed E-state index contributed by atoms with van der Waals surface area (Å²) in [5.41, 5.74) is 0.0844. The Hall–Kier alpha value is -1.36. The zero-order chi connectivity index (χ0) is 13.9. The van der Waals surface area contributed by atoms with Crippen LogP contribution in [0.3, 0.4) is 0 Å². The van der Waals surface area contributed by atoms with E-state index in [-0.39, 0.29) is 5.54 Å². The van der Waals surface area contributed by atoms with Gasteiger partial charge in [-0.3, -0.25) is 0 Å². The van der Waals surface area contributed by atoms with E-state index in [9.17, 15) is 0 Å². The number of hydrogen-bond donors (Lipinski definition) is 2. The predicted molar refractivity (Wildman–Crippen MR) is 79.8 cm³/mol. The second-order valence-electron chi connectivity index (χ2n) is 5.73. The summed E-state index contributed by atoms with van der Waals surface area (Å²) in [5.74, 6) is 2.78. The van der Waals surface area contributed by atoms with Crippen molar-refractivity contribution in [3.8, 4) is 0 Å². The minimum absolute atomic E-state index is 0.0844. The van der Waals surface area contributed by atoms with Gasteiger partial charge in [-0.1, -0.05) is 6.92 Å². The van der Waals surface area contributed by atoms with Gasteiger partial charge in [0.2, 0.25) is 0 Å². The number of anilines is 2. The summed E-state index contributed by atoms with van der Waals surface area (Å²) >= 11 is 0. The van der Waals surface area contributed by atoms with Crippen LogP contribution >= 0.6 is 0 Å². The maximum Gasteiger partial charge on any atom is 0.134 e. The molecule has 1 aromatic rings. The standard InChI is InChI=1S/C14H25N5/c1-5-6-16-12-9-13(18-11(2)17-12)19-8-7-15-10-14(19,3)4/h9,15H,5-8,10H2,1-4H3,(H,16,17,18). The molecule has 0 amide bonds. The second-order valence-corrected chi connectivity index (χ2v) is 5.73. The van der Waals surface area contributed by atoms with Crippen LogP contribution in [0.1, 0.15) is 33.0 Å². The summed E-state index contributed by atoms with van der Waals surface area (Å²) in [6.45, 7) is 12.5. The van der Waals surface area contributed by atoms with Crippen LogP contribution in [0.4, 0.5) is 11.6 Å². The highest BCUT2D eigenvalue weighted by Crippen LogP contribution is 2.25. The van der Waals surface area contributed by atoms with E-state index in [2.05, 4.69) is 52.3 Å². The SMILES string of the molecule is CCCNc1cc(N2CCNCC2(C)C)nc(C)n1. The molecule has 106 valence electrons. The summed E-state index contributed by atoms with van der Waals surface area (Å²) in [6.07, 6.45) is 1.09. The van der Waals surface area contributed by atoms with E-state index < -0.39 is 0 Å². The average molecular weight is 263 g/mol. The summed E-state index contributed by atoms with van der Waals surface area (Å²) in [7, 11) is 0. The Bertz CT molecular complexity index is 430. The van der Waals surface area contributed by atoms with Gasteiger partial charge in [0.05, 0.1) is 0 Å². The number of piperazine rings is 1. The molecule has 0 aliphatic carbocycles. The van der Waals surface area contributed by atoms with Crippen molar-refractivity contribution in [3.63, 3.8) is 0 Å². The second kappa shape index (κ2) is 5.74. The van der Waals surface area contributed by atoms with Gasteiger partial charge in [0.1, 0.15) is 17.5 Å². The smallest absolute Gasteiger partial charge is 0.134 e. The Morgan fingerprint density at radius 3 is 2.89 bits per heavy atom. The Labute approximate surface area is 115 Å². The average Bonchev–Trinajstić information content (AvgIpc) is 2.35. The van der Waals surface area contributed by atoms with Gasteiger partial charge in [0.15, 0.2) is 0 Å². The molecule has 0 spiro atoms. The first-order valence-electron chi connectivity index (χ1n) is 7.11. The van der Waals surface area contributed by atoms with Gasteiger partial charge in [0.25, 0.3) is 0 Å². The number of nitrogens with zero attached hydrogens (tertiary/aromatic N) is 3. The maximum atomic E-state index is 4.61. The van der Waals surface area contributed by atoms with E-state index in [1.165, 1.54) is 0 Å². The van der Waals surface area contributed by atoms with Crippen molar-refractivity contribution >= 4 is 11.6 Å². The molecule has 1 aliphatic rings. The molecular weight excluding hydrogens is 238 g/mol. The van der Waals surface area contributed by atoms with Gasteiger partial charge in [-0.05, 0) is 27.2 Å². The Morgan fingerprint density at radius 1 is 1.42 bits per heavy atom. The summed E-state index contributed by atoms with van der Waals surface area (Å²) in [6, 6.07) is 2.07. The summed E-state index contributed by atoms with van der Waals surface area (Å²) in [5, 5.41) is 6.79. The van der Waals surface area contributed by atoms with Crippen molar-refractivity contribution in [2.24, 2.45) is 0 Å². The first-order valence-corrected chi connectivity index (χ1v) is 7.11. The zero-order valence-electron chi connectivity index (χ0n) is 12.5. The summed E-state index contributed by atoms with van der Waals surface area (Å²) < 4.78 is 0. The lowest BCUT2D eigenvalue weighted by molar-refractivity contribution is 0.377. The number of nitrogens with one attached hydrogen (secondary N) is 2. The topological polar surface area (TPSA) is 53.1 Å². The van der Waals surface area contributed by atoms with Gasteiger partial charge in [0, 0.05) is 37.8 Å². The highest BCUT2D eigenvalue weighted by molar-refractivity contribution is 5.51. The normalized spacial score (nSPS) is 18.4. The third kappa shape index (κ3) is 3.35. The van der Waals surface area contributed by atoms with Crippen LogP contribution in [0.25, 0.3) is 0 Å². The van der Waals surface area contributed by atoms with Crippen molar-refractivity contribution < 1.29 is 0 Å². The van der Waals surface area contributed by atoms with E-state index in [1.54, 1.807) is 0 Å². The van der Waals surface area contributed by atoms with Crippen molar-refractivity contribution in [1.29, 1.82) is 0 Å². The van der Waals surface area contributed by atoms with Crippen LogP contribution in [-0.2, 0) is 0 Å². The lowest BCUT2D eigenvalue weighted by Crippen LogP contribution is -2.58. The number of rotatable bonds is 4. The van der Waals surface area contributed by atoms with E-state index in [1.807, 2.05) is 6.92 Å². The van der Waals surface area contributed by atoms with Crippen molar-refractivity contribution in [1.82, 2.24) is 15.3 Å². The molecule has 2 rings (SSSR count).